The molecular weight excluding hydrogens is 246 g/mol. The number of aromatic nitrogens is 2. The van der Waals surface area contributed by atoms with Crippen LogP contribution in [0.15, 0.2) is 12.3 Å². The van der Waals surface area contributed by atoms with Gasteiger partial charge in [0.1, 0.15) is 0 Å². The first kappa shape index (κ1) is 15.2. The lowest BCUT2D eigenvalue weighted by Gasteiger charge is -2.14. The van der Waals surface area contributed by atoms with Gasteiger partial charge in [-0.2, -0.15) is 5.10 Å². The monoisotopic (exact) mass is 267 g/mol. The SMILES string of the molecule is CC(CCCC(C)C(=O)O)NC(=O)Cc1ccn[nH]1. The number of carboxylic acids is 1. The van der Waals surface area contributed by atoms with E-state index in [9.17, 15) is 9.59 Å². The van der Waals surface area contributed by atoms with E-state index in [1.165, 1.54) is 0 Å². The second-order valence-corrected chi connectivity index (χ2v) is 4.90. The average Bonchev–Trinajstić information content (AvgIpc) is 2.81. The lowest BCUT2D eigenvalue weighted by atomic mass is 10.0. The maximum absolute atomic E-state index is 11.7. The number of aromatic amines is 1. The fourth-order valence-electron chi connectivity index (χ4n) is 1.81. The highest BCUT2D eigenvalue weighted by atomic mass is 16.4. The predicted molar refractivity (Wildman–Crippen MR) is 70.5 cm³/mol. The summed E-state index contributed by atoms with van der Waals surface area (Å²) in [5, 5.41) is 18.2. The number of aliphatic carboxylic acids is 1. The maximum Gasteiger partial charge on any atom is 0.306 e. The van der Waals surface area contributed by atoms with E-state index in [4.69, 9.17) is 5.11 Å². The highest BCUT2D eigenvalue weighted by molar-refractivity contribution is 5.78. The molecule has 0 aliphatic rings. The Morgan fingerprint density at radius 1 is 1.42 bits per heavy atom. The van der Waals surface area contributed by atoms with Crippen molar-refractivity contribution in [1.29, 1.82) is 0 Å². The van der Waals surface area contributed by atoms with Gasteiger partial charge in [0, 0.05) is 17.9 Å². The summed E-state index contributed by atoms with van der Waals surface area (Å²) >= 11 is 0. The molecule has 6 heteroatoms. The minimum Gasteiger partial charge on any atom is -0.481 e. The van der Waals surface area contributed by atoms with E-state index in [-0.39, 0.29) is 24.3 Å². The second kappa shape index (κ2) is 7.56. The van der Waals surface area contributed by atoms with Gasteiger partial charge in [0.05, 0.1) is 12.3 Å². The Bertz CT molecular complexity index is 403. The van der Waals surface area contributed by atoms with Crippen LogP contribution in [0.2, 0.25) is 0 Å². The van der Waals surface area contributed by atoms with E-state index >= 15 is 0 Å². The van der Waals surface area contributed by atoms with Crippen LogP contribution in [0.4, 0.5) is 0 Å². The number of nitrogens with zero attached hydrogens (tertiary/aromatic N) is 1. The summed E-state index contributed by atoms with van der Waals surface area (Å²) in [6.07, 6.45) is 4.11. The molecule has 106 valence electrons. The standard InChI is InChI=1S/C13H21N3O3/c1-9(13(18)19)4-3-5-10(2)15-12(17)8-11-6-7-14-16-11/h6-7,9-10H,3-5,8H2,1-2H3,(H,14,16)(H,15,17)(H,18,19). The molecule has 0 bridgehead atoms. The smallest absolute Gasteiger partial charge is 0.306 e. The summed E-state index contributed by atoms with van der Waals surface area (Å²) in [4.78, 5) is 22.3. The van der Waals surface area contributed by atoms with Crippen molar-refractivity contribution in [2.24, 2.45) is 5.92 Å². The molecule has 2 unspecified atom stereocenters. The van der Waals surface area contributed by atoms with Gasteiger partial charge in [-0.15, -0.1) is 0 Å². The van der Waals surface area contributed by atoms with Crippen molar-refractivity contribution in [3.63, 3.8) is 0 Å². The maximum atomic E-state index is 11.7. The molecule has 0 fully saturated rings. The van der Waals surface area contributed by atoms with Crippen LogP contribution in [-0.4, -0.2) is 33.2 Å². The molecule has 1 aromatic rings. The van der Waals surface area contributed by atoms with Crippen LogP contribution in [0, 0.1) is 5.92 Å². The van der Waals surface area contributed by atoms with Gasteiger partial charge in [0.15, 0.2) is 0 Å². The van der Waals surface area contributed by atoms with Crippen molar-refractivity contribution in [3.8, 4) is 0 Å². The molecule has 0 saturated carbocycles. The van der Waals surface area contributed by atoms with Crippen LogP contribution in [0.25, 0.3) is 0 Å². The molecule has 6 nitrogen and oxygen atoms in total. The number of hydrogen-bond donors (Lipinski definition) is 3. The van der Waals surface area contributed by atoms with Crippen LogP contribution in [0.5, 0.6) is 0 Å². The molecule has 0 spiro atoms. The summed E-state index contributed by atoms with van der Waals surface area (Å²) < 4.78 is 0. The molecule has 3 N–H and O–H groups in total. The van der Waals surface area contributed by atoms with Crippen LogP contribution in [0.1, 0.15) is 38.8 Å². The Morgan fingerprint density at radius 2 is 2.16 bits per heavy atom. The molecule has 1 aromatic heterocycles. The van der Waals surface area contributed by atoms with Gasteiger partial charge in [-0.3, -0.25) is 14.7 Å². The fraction of sp³-hybridized carbons (Fsp3) is 0.615. The van der Waals surface area contributed by atoms with Crippen molar-refractivity contribution >= 4 is 11.9 Å². The number of carbonyl (C=O) groups excluding carboxylic acids is 1. The first-order valence-corrected chi connectivity index (χ1v) is 6.49. The lowest BCUT2D eigenvalue weighted by molar-refractivity contribution is -0.141. The van der Waals surface area contributed by atoms with Crippen molar-refractivity contribution in [2.75, 3.05) is 0 Å². The van der Waals surface area contributed by atoms with E-state index in [1.54, 1.807) is 19.2 Å². The minimum atomic E-state index is -0.768. The Balaban J connectivity index is 2.18. The van der Waals surface area contributed by atoms with E-state index < -0.39 is 5.97 Å². The van der Waals surface area contributed by atoms with Crippen LogP contribution < -0.4 is 5.32 Å². The van der Waals surface area contributed by atoms with Gasteiger partial charge < -0.3 is 10.4 Å². The summed E-state index contributed by atoms with van der Waals surface area (Å²) in [5.41, 5.74) is 0.782. The minimum absolute atomic E-state index is 0.0522. The Morgan fingerprint density at radius 3 is 2.74 bits per heavy atom. The largest absolute Gasteiger partial charge is 0.481 e. The molecular formula is C13H21N3O3. The van der Waals surface area contributed by atoms with Gasteiger partial charge >= 0.3 is 5.97 Å². The first-order chi connectivity index (χ1) is 8.99. The molecule has 0 aliphatic carbocycles. The average molecular weight is 267 g/mol. The highest BCUT2D eigenvalue weighted by Gasteiger charge is 2.12. The third-order valence-corrected chi connectivity index (χ3v) is 3.01. The summed E-state index contributed by atoms with van der Waals surface area (Å²) in [6, 6.07) is 1.81. The summed E-state index contributed by atoms with van der Waals surface area (Å²) in [5.74, 6) is -1.15. The van der Waals surface area contributed by atoms with Crippen molar-refractivity contribution in [1.82, 2.24) is 15.5 Å². The number of rotatable bonds is 8. The van der Waals surface area contributed by atoms with E-state index in [1.807, 2.05) is 6.92 Å². The molecule has 0 radical (unpaired) electrons. The first-order valence-electron chi connectivity index (χ1n) is 6.49. The van der Waals surface area contributed by atoms with Gasteiger partial charge in [0.2, 0.25) is 5.91 Å². The lowest BCUT2D eigenvalue weighted by Crippen LogP contribution is -2.33. The topological polar surface area (TPSA) is 95.1 Å². The number of hydrogen-bond acceptors (Lipinski definition) is 3. The Hall–Kier alpha value is -1.85. The van der Waals surface area contributed by atoms with E-state index in [0.29, 0.717) is 6.42 Å². The predicted octanol–water partition coefficient (Wildman–Crippen LogP) is 1.35. The normalized spacial score (nSPS) is 13.8. The molecule has 19 heavy (non-hydrogen) atoms. The van der Waals surface area contributed by atoms with Gasteiger partial charge in [-0.25, -0.2) is 0 Å². The molecule has 0 aliphatic heterocycles. The van der Waals surface area contributed by atoms with Crippen molar-refractivity contribution < 1.29 is 14.7 Å². The number of nitrogens with one attached hydrogen (secondary N) is 2. The quantitative estimate of drug-likeness (QED) is 0.662. The molecule has 1 heterocycles. The zero-order chi connectivity index (χ0) is 14.3. The third-order valence-electron chi connectivity index (χ3n) is 3.01. The van der Waals surface area contributed by atoms with Crippen molar-refractivity contribution in [3.05, 3.63) is 18.0 Å². The molecule has 1 rings (SSSR count). The molecule has 0 saturated heterocycles. The molecule has 2 atom stereocenters. The van der Waals surface area contributed by atoms with Gasteiger partial charge in [-0.05, 0) is 25.8 Å². The number of carboxylic acid groups (broad SMARTS) is 1. The Kier molecular flexibility index (Phi) is 6.05. The number of amides is 1. The summed E-state index contributed by atoms with van der Waals surface area (Å²) in [7, 11) is 0. The van der Waals surface area contributed by atoms with Crippen LogP contribution in [-0.2, 0) is 16.0 Å². The van der Waals surface area contributed by atoms with Crippen LogP contribution >= 0.6 is 0 Å². The van der Waals surface area contributed by atoms with Gasteiger partial charge in [0.25, 0.3) is 0 Å². The highest BCUT2D eigenvalue weighted by Crippen LogP contribution is 2.09. The fourth-order valence-corrected chi connectivity index (χ4v) is 1.81. The summed E-state index contributed by atoms with van der Waals surface area (Å²) in [6.45, 7) is 3.63. The Labute approximate surface area is 112 Å². The zero-order valence-corrected chi connectivity index (χ0v) is 11.3. The molecule has 1 amide bonds. The van der Waals surface area contributed by atoms with Crippen LogP contribution in [0.3, 0.4) is 0 Å². The zero-order valence-electron chi connectivity index (χ0n) is 11.3. The number of H-pyrrole nitrogens is 1. The van der Waals surface area contributed by atoms with Gasteiger partial charge in [-0.1, -0.05) is 13.3 Å². The molecule has 0 aromatic carbocycles. The second-order valence-electron chi connectivity index (χ2n) is 4.90. The van der Waals surface area contributed by atoms with Crippen molar-refractivity contribution in [2.45, 2.75) is 45.6 Å². The van der Waals surface area contributed by atoms with E-state index in [0.717, 1.165) is 18.5 Å². The number of carbonyl (C=O) groups is 2. The third kappa shape index (κ3) is 6.03. The van der Waals surface area contributed by atoms with E-state index in [2.05, 4.69) is 15.5 Å².